The van der Waals surface area contributed by atoms with Crippen molar-refractivity contribution in [1.29, 1.82) is 0 Å². The zero-order chi connectivity index (χ0) is 29.9. The Morgan fingerprint density at radius 2 is 0.512 bits per heavy atom. The second-order valence-electron chi connectivity index (χ2n) is 14.3. The van der Waals surface area contributed by atoms with Crippen LogP contribution in [0.25, 0.3) is 0 Å². The SMILES string of the molecule is CCCCCCCCCCCCN(CCCCCCCCCCCC)CCCCCCCCCCCCCC(C)C. The van der Waals surface area contributed by atoms with Crippen molar-refractivity contribution in [1.82, 2.24) is 4.90 Å². The maximum absolute atomic E-state index is 2.86. The molecule has 1 heteroatoms. The third-order valence-electron chi connectivity index (χ3n) is 9.41. The largest absolute Gasteiger partial charge is 0.303 e. The smallest absolute Gasteiger partial charge is 0.00187 e. The fourth-order valence-electron chi connectivity index (χ4n) is 6.46. The van der Waals surface area contributed by atoms with E-state index in [1.807, 2.05) is 0 Å². The quantitative estimate of drug-likeness (QED) is 0.0669. The van der Waals surface area contributed by atoms with E-state index in [1.165, 1.54) is 225 Å². The third kappa shape index (κ3) is 36.1. The molecule has 0 rings (SSSR count). The molecule has 0 bridgehead atoms. The van der Waals surface area contributed by atoms with Gasteiger partial charge in [-0.2, -0.15) is 0 Å². The normalized spacial score (nSPS) is 11.9. The Morgan fingerprint density at radius 1 is 0.293 bits per heavy atom. The molecule has 0 aromatic rings. The Balaban J connectivity index is 3.87. The lowest BCUT2D eigenvalue weighted by atomic mass is 10.0. The maximum atomic E-state index is 2.86. The highest BCUT2D eigenvalue weighted by molar-refractivity contribution is 4.61. The molecule has 0 fully saturated rings. The Morgan fingerprint density at radius 3 is 0.756 bits per heavy atom. The van der Waals surface area contributed by atoms with E-state index in [0.29, 0.717) is 0 Å². The monoisotopic (exact) mass is 578 g/mol. The van der Waals surface area contributed by atoms with E-state index in [0.717, 1.165) is 5.92 Å². The highest BCUT2D eigenvalue weighted by Crippen LogP contribution is 2.16. The van der Waals surface area contributed by atoms with E-state index in [4.69, 9.17) is 0 Å². The molecule has 0 aliphatic carbocycles. The van der Waals surface area contributed by atoms with Gasteiger partial charge in [0.25, 0.3) is 0 Å². The summed E-state index contributed by atoms with van der Waals surface area (Å²) in [6, 6.07) is 0. The zero-order valence-electron chi connectivity index (χ0n) is 29.8. The van der Waals surface area contributed by atoms with Gasteiger partial charge in [-0.15, -0.1) is 0 Å². The van der Waals surface area contributed by atoms with Gasteiger partial charge in [-0.05, 0) is 44.8 Å². The van der Waals surface area contributed by atoms with Gasteiger partial charge < -0.3 is 4.90 Å². The summed E-state index contributed by atoms with van der Waals surface area (Å²) in [7, 11) is 0. The van der Waals surface area contributed by atoms with Crippen LogP contribution in [-0.2, 0) is 0 Å². The van der Waals surface area contributed by atoms with Crippen molar-refractivity contribution < 1.29 is 0 Å². The van der Waals surface area contributed by atoms with Crippen LogP contribution in [0.2, 0.25) is 0 Å². The van der Waals surface area contributed by atoms with Gasteiger partial charge in [0, 0.05) is 0 Å². The molecule has 0 spiro atoms. The van der Waals surface area contributed by atoms with Crippen LogP contribution in [0.15, 0.2) is 0 Å². The first-order valence-corrected chi connectivity index (χ1v) is 19.9. The van der Waals surface area contributed by atoms with Crippen molar-refractivity contribution in [3.63, 3.8) is 0 Å². The lowest BCUT2D eigenvalue weighted by molar-refractivity contribution is 0.254. The van der Waals surface area contributed by atoms with Gasteiger partial charge in [-0.3, -0.25) is 0 Å². The number of unbranched alkanes of at least 4 members (excludes halogenated alkanes) is 28. The summed E-state index contributed by atoms with van der Waals surface area (Å²) in [6.07, 6.45) is 46.6. The first-order valence-electron chi connectivity index (χ1n) is 19.9. The van der Waals surface area contributed by atoms with Gasteiger partial charge in [0.05, 0.1) is 0 Å². The summed E-state index contributed by atoms with van der Waals surface area (Å²) in [6.45, 7) is 13.4. The van der Waals surface area contributed by atoms with E-state index in [2.05, 4.69) is 32.6 Å². The zero-order valence-corrected chi connectivity index (χ0v) is 29.8. The molecule has 0 aliphatic heterocycles. The molecule has 0 heterocycles. The molecule has 0 saturated carbocycles. The third-order valence-corrected chi connectivity index (χ3v) is 9.41. The number of rotatable bonds is 36. The van der Waals surface area contributed by atoms with Crippen LogP contribution in [0.1, 0.15) is 233 Å². The molecule has 248 valence electrons. The molecule has 0 N–H and O–H groups in total. The number of hydrogen-bond acceptors (Lipinski definition) is 1. The van der Waals surface area contributed by atoms with Crippen molar-refractivity contribution in [3.05, 3.63) is 0 Å². The van der Waals surface area contributed by atoms with E-state index in [9.17, 15) is 0 Å². The molecule has 0 aliphatic rings. The molecular weight excluding hydrogens is 494 g/mol. The van der Waals surface area contributed by atoms with Gasteiger partial charge in [0.1, 0.15) is 0 Å². The van der Waals surface area contributed by atoms with Crippen molar-refractivity contribution in [2.75, 3.05) is 19.6 Å². The average molecular weight is 578 g/mol. The van der Waals surface area contributed by atoms with Crippen LogP contribution >= 0.6 is 0 Å². The Hall–Kier alpha value is -0.0400. The summed E-state index contributed by atoms with van der Waals surface area (Å²) in [5.74, 6) is 0.890. The van der Waals surface area contributed by atoms with Gasteiger partial charge >= 0.3 is 0 Å². The van der Waals surface area contributed by atoms with Crippen LogP contribution in [0.3, 0.4) is 0 Å². The Kier molecular flexibility index (Phi) is 36.1. The molecule has 0 aromatic heterocycles. The van der Waals surface area contributed by atoms with E-state index in [1.54, 1.807) is 0 Å². The first-order chi connectivity index (χ1) is 20.2. The maximum Gasteiger partial charge on any atom is -0.00187 e. The van der Waals surface area contributed by atoms with Crippen molar-refractivity contribution in [2.45, 2.75) is 233 Å². The molecule has 1 nitrogen and oxygen atoms in total. The van der Waals surface area contributed by atoms with Crippen molar-refractivity contribution >= 4 is 0 Å². The van der Waals surface area contributed by atoms with Crippen LogP contribution < -0.4 is 0 Å². The predicted octanol–water partition coefficient (Wildman–Crippen LogP) is 14.5. The number of nitrogens with zero attached hydrogens (tertiary/aromatic N) is 1. The van der Waals surface area contributed by atoms with Gasteiger partial charge in [-0.1, -0.05) is 214 Å². The molecule has 41 heavy (non-hydrogen) atoms. The molecule has 0 radical (unpaired) electrons. The van der Waals surface area contributed by atoms with Crippen molar-refractivity contribution in [2.24, 2.45) is 5.92 Å². The fraction of sp³-hybridized carbons (Fsp3) is 1.00. The highest BCUT2D eigenvalue weighted by atomic mass is 15.1. The van der Waals surface area contributed by atoms with E-state index in [-0.39, 0.29) is 0 Å². The van der Waals surface area contributed by atoms with Crippen LogP contribution in [0.5, 0.6) is 0 Å². The minimum Gasteiger partial charge on any atom is -0.303 e. The second-order valence-corrected chi connectivity index (χ2v) is 14.3. The molecule has 0 unspecified atom stereocenters. The highest BCUT2D eigenvalue weighted by Gasteiger charge is 2.05. The van der Waals surface area contributed by atoms with E-state index >= 15 is 0 Å². The average Bonchev–Trinajstić information content (AvgIpc) is 2.96. The molecule has 0 saturated heterocycles. The summed E-state index contributed by atoms with van der Waals surface area (Å²) >= 11 is 0. The lowest BCUT2D eigenvalue weighted by Gasteiger charge is -2.22. The summed E-state index contributed by atoms with van der Waals surface area (Å²) < 4.78 is 0. The fourth-order valence-corrected chi connectivity index (χ4v) is 6.46. The standard InChI is InChI=1S/C40H83N/c1-5-7-9-11-13-15-21-25-29-33-37-41(38-34-30-26-22-16-14-12-10-8-6-2)39-35-31-27-23-19-17-18-20-24-28-32-36-40(3)4/h40H,5-39H2,1-4H3. The molecule has 0 amide bonds. The van der Waals surface area contributed by atoms with Crippen LogP contribution in [-0.4, -0.2) is 24.5 Å². The van der Waals surface area contributed by atoms with Gasteiger partial charge in [0.15, 0.2) is 0 Å². The van der Waals surface area contributed by atoms with Crippen LogP contribution in [0, 0.1) is 5.92 Å². The van der Waals surface area contributed by atoms with Crippen LogP contribution in [0.4, 0.5) is 0 Å². The summed E-state index contributed by atoms with van der Waals surface area (Å²) in [5, 5.41) is 0. The van der Waals surface area contributed by atoms with Gasteiger partial charge in [0.2, 0.25) is 0 Å². The predicted molar refractivity (Wildman–Crippen MR) is 190 cm³/mol. The second kappa shape index (κ2) is 36.2. The summed E-state index contributed by atoms with van der Waals surface area (Å²) in [4.78, 5) is 2.86. The topological polar surface area (TPSA) is 3.24 Å². The lowest BCUT2D eigenvalue weighted by Crippen LogP contribution is -2.27. The summed E-state index contributed by atoms with van der Waals surface area (Å²) in [5.41, 5.74) is 0. The Bertz CT molecular complexity index is 420. The van der Waals surface area contributed by atoms with Crippen molar-refractivity contribution in [3.8, 4) is 0 Å². The minimum absolute atomic E-state index is 0.890. The molecule has 0 aromatic carbocycles. The number of hydrogen-bond donors (Lipinski definition) is 0. The molecular formula is C40H83N. The van der Waals surface area contributed by atoms with E-state index < -0.39 is 0 Å². The van der Waals surface area contributed by atoms with Gasteiger partial charge in [-0.25, -0.2) is 0 Å². The first kappa shape index (κ1) is 41.0. The minimum atomic E-state index is 0.890. The Labute approximate surface area is 263 Å². The molecule has 0 atom stereocenters.